The first-order valence-corrected chi connectivity index (χ1v) is 5.60. The Labute approximate surface area is 105 Å². The largest absolute Gasteiger partial charge is 0.326 e. The molecule has 0 unspecified atom stereocenters. The average Bonchev–Trinajstić information content (AvgIpc) is 2.35. The number of pyridine rings is 1. The molecule has 2 rings (SSSR count). The fourth-order valence-corrected chi connectivity index (χ4v) is 1.56. The van der Waals surface area contributed by atoms with Crippen LogP contribution in [-0.2, 0) is 11.2 Å². The molecule has 0 fully saturated rings. The quantitative estimate of drug-likeness (QED) is 0.902. The van der Waals surface area contributed by atoms with Crippen LogP contribution in [0.5, 0.6) is 0 Å². The molecule has 0 saturated carbocycles. The molecule has 1 N–H and O–H groups in total. The van der Waals surface area contributed by atoms with Crippen LogP contribution in [0.25, 0.3) is 0 Å². The molecule has 0 radical (unpaired) electrons. The molecule has 1 aromatic carbocycles. The molecule has 2 aromatic rings. The van der Waals surface area contributed by atoms with Crippen molar-refractivity contribution in [3.8, 4) is 0 Å². The Bertz CT molecular complexity index is 555. The number of rotatable bonds is 3. The van der Waals surface area contributed by atoms with E-state index in [4.69, 9.17) is 0 Å². The summed E-state index contributed by atoms with van der Waals surface area (Å²) in [5, 5.41) is 2.65. The van der Waals surface area contributed by atoms with Crippen LogP contribution in [0, 0.1) is 12.7 Å². The lowest BCUT2D eigenvalue weighted by molar-refractivity contribution is -0.115. The van der Waals surface area contributed by atoms with E-state index >= 15 is 0 Å². The SMILES string of the molecule is Cc1ccc(NC(=O)Cc2cccnc2)cc1F. The Morgan fingerprint density at radius 1 is 1.39 bits per heavy atom. The Balaban J connectivity index is 2.01. The Morgan fingerprint density at radius 2 is 2.22 bits per heavy atom. The molecule has 1 aromatic heterocycles. The molecule has 0 bridgehead atoms. The van der Waals surface area contributed by atoms with E-state index in [0.29, 0.717) is 11.3 Å². The molecule has 0 atom stereocenters. The number of carbonyl (C=O) groups is 1. The van der Waals surface area contributed by atoms with Gasteiger partial charge in [0.25, 0.3) is 0 Å². The summed E-state index contributed by atoms with van der Waals surface area (Å²) in [6, 6.07) is 8.22. The predicted octanol–water partition coefficient (Wildman–Crippen LogP) is 2.71. The Morgan fingerprint density at radius 3 is 2.89 bits per heavy atom. The maximum Gasteiger partial charge on any atom is 0.228 e. The van der Waals surface area contributed by atoms with E-state index < -0.39 is 0 Å². The van der Waals surface area contributed by atoms with Crippen LogP contribution in [-0.4, -0.2) is 10.9 Å². The van der Waals surface area contributed by atoms with Crippen molar-refractivity contribution in [3.05, 3.63) is 59.7 Å². The number of aryl methyl sites for hydroxylation is 1. The van der Waals surface area contributed by atoms with Crippen LogP contribution in [0.15, 0.2) is 42.7 Å². The first kappa shape index (κ1) is 12.2. The summed E-state index contributed by atoms with van der Waals surface area (Å²) in [4.78, 5) is 15.6. The molecule has 4 heteroatoms. The molecule has 0 spiro atoms. The van der Waals surface area contributed by atoms with Gasteiger partial charge in [-0.2, -0.15) is 0 Å². The highest BCUT2D eigenvalue weighted by molar-refractivity contribution is 5.92. The van der Waals surface area contributed by atoms with E-state index in [1.54, 1.807) is 37.5 Å². The second-order valence-electron chi connectivity index (χ2n) is 4.05. The number of carbonyl (C=O) groups excluding carboxylic acids is 1. The molecule has 18 heavy (non-hydrogen) atoms. The van der Waals surface area contributed by atoms with Crippen molar-refractivity contribution in [2.45, 2.75) is 13.3 Å². The minimum Gasteiger partial charge on any atom is -0.326 e. The number of amides is 1. The highest BCUT2D eigenvalue weighted by atomic mass is 19.1. The van der Waals surface area contributed by atoms with Gasteiger partial charge in [-0.1, -0.05) is 12.1 Å². The first-order chi connectivity index (χ1) is 8.65. The standard InChI is InChI=1S/C14H13FN2O/c1-10-4-5-12(8-13(10)15)17-14(18)7-11-3-2-6-16-9-11/h2-6,8-9H,7H2,1H3,(H,17,18). The molecular formula is C14H13FN2O. The lowest BCUT2D eigenvalue weighted by Crippen LogP contribution is -2.14. The molecule has 0 aliphatic heterocycles. The van der Waals surface area contributed by atoms with Gasteiger partial charge >= 0.3 is 0 Å². The van der Waals surface area contributed by atoms with Gasteiger partial charge in [0.05, 0.1) is 6.42 Å². The maximum absolute atomic E-state index is 13.3. The number of hydrogen-bond acceptors (Lipinski definition) is 2. The van der Waals surface area contributed by atoms with Crippen LogP contribution in [0.3, 0.4) is 0 Å². The van der Waals surface area contributed by atoms with Gasteiger partial charge in [-0.25, -0.2) is 4.39 Å². The monoisotopic (exact) mass is 244 g/mol. The summed E-state index contributed by atoms with van der Waals surface area (Å²) in [5.41, 5.74) is 1.84. The molecular weight excluding hydrogens is 231 g/mol. The van der Waals surface area contributed by atoms with Crippen molar-refractivity contribution < 1.29 is 9.18 Å². The third kappa shape index (κ3) is 3.13. The molecule has 3 nitrogen and oxygen atoms in total. The van der Waals surface area contributed by atoms with Gasteiger partial charge in [0.1, 0.15) is 5.82 Å². The number of hydrogen-bond donors (Lipinski definition) is 1. The summed E-state index contributed by atoms with van der Waals surface area (Å²) >= 11 is 0. The van der Waals surface area contributed by atoms with Crippen molar-refractivity contribution >= 4 is 11.6 Å². The van der Waals surface area contributed by atoms with E-state index in [1.165, 1.54) is 6.07 Å². The fraction of sp³-hybridized carbons (Fsp3) is 0.143. The number of halogens is 1. The number of anilines is 1. The van der Waals surface area contributed by atoms with Gasteiger partial charge in [0.15, 0.2) is 0 Å². The summed E-state index contributed by atoms with van der Waals surface area (Å²) in [6.07, 6.45) is 3.51. The third-order valence-corrected chi connectivity index (χ3v) is 2.54. The summed E-state index contributed by atoms with van der Waals surface area (Å²) in [5.74, 6) is -0.513. The van der Waals surface area contributed by atoms with Crippen molar-refractivity contribution in [2.24, 2.45) is 0 Å². The number of nitrogens with zero attached hydrogens (tertiary/aromatic N) is 1. The van der Waals surface area contributed by atoms with Gasteiger partial charge in [0, 0.05) is 18.1 Å². The summed E-state index contributed by atoms with van der Waals surface area (Å²) < 4.78 is 13.3. The molecule has 0 aliphatic carbocycles. The molecule has 0 aliphatic rings. The zero-order valence-electron chi connectivity index (χ0n) is 9.98. The molecule has 1 heterocycles. The minimum absolute atomic E-state index is 0.189. The fourth-order valence-electron chi connectivity index (χ4n) is 1.56. The molecule has 1 amide bonds. The van der Waals surface area contributed by atoms with Crippen molar-refractivity contribution in [1.29, 1.82) is 0 Å². The van der Waals surface area contributed by atoms with Gasteiger partial charge in [-0.15, -0.1) is 0 Å². The summed E-state index contributed by atoms with van der Waals surface area (Å²) in [6.45, 7) is 1.68. The predicted molar refractivity (Wildman–Crippen MR) is 67.7 cm³/mol. The average molecular weight is 244 g/mol. The van der Waals surface area contributed by atoms with Gasteiger partial charge < -0.3 is 5.32 Å². The van der Waals surface area contributed by atoms with Crippen molar-refractivity contribution in [2.75, 3.05) is 5.32 Å². The van der Waals surface area contributed by atoms with Gasteiger partial charge in [-0.3, -0.25) is 9.78 Å². The number of aromatic nitrogens is 1. The second kappa shape index (κ2) is 5.40. The van der Waals surface area contributed by atoms with Gasteiger partial charge in [0.2, 0.25) is 5.91 Å². The number of nitrogens with one attached hydrogen (secondary N) is 1. The van der Waals surface area contributed by atoms with E-state index in [-0.39, 0.29) is 18.1 Å². The minimum atomic E-state index is -0.325. The Hall–Kier alpha value is -2.23. The van der Waals surface area contributed by atoms with Crippen molar-refractivity contribution in [1.82, 2.24) is 4.98 Å². The second-order valence-corrected chi connectivity index (χ2v) is 4.05. The van der Waals surface area contributed by atoms with E-state index in [2.05, 4.69) is 10.3 Å². The van der Waals surface area contributed by atoms with Crippen LogP contribution >= 0.6 is 0 Å². The zero-order valence-corrected chi connectivity index (χ0v) is 9.98. The smallest absolute Gasteiger partial charge is 0.228 e. The van der Waals surface area contributed by atoms with E-state index in [1.807, 2.05) is 6.07 Å². The van der Waals surface area contributed by atoms with Crippen LogP contribution in [0.4, 0.5) is 10.1 Å². The third-order valence-electron chi connectivity index (χ3n) is 2.54. The van der Waals surface area contributed by atoms with Crippen molar-refractivity contribution in [3.63, 3.8) is 0 Å². The van der Waals surface area contributed by atoms with E-state index in [9.17, 15) is 9.18 Å². The normalized spacial score (nSPS) is 10.1. The maximum atomic E-state index is 13.3. The summed E-state index contributed by atoms with van der Waals surface area (Å²) in [7, 11) is 0. The zero-order chi connectivity index (χ0) is 13.0. The van der Waals surface area contributed by atoms with E-state index in [0.717, 1.165) is 5.56 Å². The topological polar surface area (TPSA) is 42.0 Å². The Kier molecular flexibility index (Phi) is 3.67. The lowest BCUT2D eigenvalue weighted by atomic mass is 10.2. The lowest BCUT2D eigenvalue weighted by Gasteiger charge is -2.06. The molecule has 0 saturated heterocycles. The number of benzene rings is 1. The first-order valence-electron chi connectivity index (χ1n) is 5.60. The highest BCUT2D eigenvalue weighted by Crippen LogP contribution is 2.13. The highest BCUT2D eigenvalue weighted by Gasteiger charge is 2.05. The van der Waals surface area contributed by atoms with Crippen LogP contribution in [0.2, 0.25) is 0 Å². The molecule has 92 valence electrons. The van der Waals surface area contributed by atoms with Crippen LogP contribution < -0.4 is 5.32 Å². The van der Waals surface area contributed by atoms with Crippen LogP contribution in [0.1, 0.15) is 11.1 Å². The van der Waals surface area contributed by atoms with Gasteiger partial charge in [-0.05, 0) is 36.2 Å².